The maximum absolute atomic E-state index is 12.7. The van der Waals surface area contributed by atoms with Gasteiger partial charge in [0.15, 0.2) is 11.5 Å². The minimum atomic E-state index is -0.170. The first kappa shape index (κ1) is 18.8. The first-order valence-corrected chi connectivity index (χ1v) is 8.83. The topological polar surface area (TPSA) is 85.7 Å². The number of ether oxygens (including phenoxy) is 2. The van der Waals surface area contributed by atoms with Crippen LogP contribution in [-0.2, 0) is 11.8 Å². The average molecular weight is 372 g/mol. The molecule has 2 aromatic rings. The Morgan fingerprint density at radius 2 is 2.00 bits per heavy atom. The Balaban J connectivity index is 1.69. The number of carbonyl (C=O) groups excluding carboxylic acids is 1. The standard InChI is InChI=1S/C19H24N4O4/c1-22-18(24)10-15(11-20-22)23-8-4-5-13(12-23)19(25)21-14-6-7-16(26-2)17(9-14)27-3/h6-7,9-11,13H,4-5,8,12H2,1-3H3,(H,21,25)/t13-/m0/s1. The lowest BCUT2D eigenvalue weighted by Crippen LogP contribution is -2.41. The highest BCUT2D eigenvalue weighted by atomic mass is 16.5. The summed E-state index contributed by atoms with van der Waals surface area (Å²) in [6, 6.07) is 6.83. The SMILES string of the molecule is COc1ccc(NC(=O)[C@H]2CCCN(c3cnn(C)c(=O)c3)C2)cc1OC. The van der Waals surface area contributed by atoms with Gasteiger partial charge in [0.1, 0.15) is 0 Å². The number of nitrogens with one attached hydrogen (secondary N) is 1. The van der Waals surface area contributed by atoms with Crippen LogP contribution in [0.5, 0.6) is 11.5 Å². The van der Waals surface area contributed by atoms with E-state index in [9.17, 15) is 9.59 Å². The lowest BCUT2D eigenvalue weighted by atomic mass is 9.96. The van der Waals surface area contributed by atoms with Gasteiger partial charge >= 0.3 is 0 Å². The molecule has 3 rings (SSSR count). The Labute approximate surface area is 157 Å². The molecule has 0 spiro atoms. The fourth-order valence-electron chi connectivity index (χ4n) is 3.22. The van der Waals surface area contributed by atoms with Gasteiger partial charge in [-0.05, 0) is 25.0 Å². The van der Waals surface area contributed by atoms with Gasteiger partial charge in [-0.1, -0.05) is 0 Å². The van der Waals surface area contributed by atoms with Crippen LogP contribution < -0.4 is 25.2 Å². The summed E-state index contributed by atoms with van der Waals surface area (Å²) in [5.74, 6) is 0.948. The molecule has 1 fully saturated rings. The van der Waals surface area contributed by atoms with Crippen LogP contribution in [0, 0.1) is 5.92 Å². The third kappa shape index (κ3) is 4.21. The molecule has 0 bridgehead atoms. The number of aryl methyl sites for hydroxylation is 1. The fourth-order valence-corrected chi connectivity index (χ4v) is 3.22. The zero-order chi connectivity index (χ0) is 19.4. The van der Waals surface area contributed by atoms with Crippen LogP contribution in [-0.4, -0.2) is 43.0 Å². The van der Waals surface area contributed by atoms with Crippen LogP contribution in [0.4, 0.5) is 11.4 Å². The second kappa shape index (κ2) is 8.11. The predicted molar refractivity (Wildman–Crippen MR) is 103 cm³/mol. The summed E-state index contributed by atoms with van der Waals surface area (Å²) in [5, 5.41) is 7.01. The Kier molecular flexibility index (Phi) is 5.63. The number of rotatable bonds is 5. The summed E-state index contributed by atoms with van der Waals surface area (Å²) < 4.78 is 11.8. The molecule has 144 valence electrons. The van der Waals surface area contributed by atoms with E-state index in [1.807, 2.05) is 4.90 Å². The Morgan fingerprint density at radius 1 is 1.22 bits per heavy atom. The third-order valence-electron chi connectivity index (χ3n) is 4.76. The monoisotopic (exact) mass is 372 g/mol. The first-order valence-electron chi connectivity index (χ1n) is 8.83. The number of piperidine rings is 1. The summed E-state index contributed by atoms with van der Waals surface area (Å²) in [6.45, 7) is 1.35. The summed E-state index contributed by atoms with van der Waals surface area (Å²) in [5.41, 5.74) is 1.25. The van der Waals surface area contributed by atoms with Gasteiger partial charge < -0.3 is 19.7 Å². The van der Waals surface area contributed by atoms with E-state index in [1.165, 1.54) is 4.68 Å². The summed E-state index contributed by atoms with van der Waals surface area (Å²) >= 11 is 0. The second-order valence-corrected chi connectivity index (χ2v) is 6.52. The van der Waals surface area contributed by atoms with Crippen molar-refractivity contribution in [2.24, 2.45) is 13.0 Å². The van der Waals surface area contributed by atoms with Crippen molar-refractivity contribution in [1.29, 1.82) is 0 Å². The van der Waals surface area contributed by atoms with Crippen molar-refractivity contribution in [2.75, 3.05) is 37.5 Å². The van der Waals surface area contributed by atoms with Gasteiger partial charge in [0.2, 0.25) is 5.91 Å². The number of hydrogen-bond acceptors (Lipinski definition) is 6. The fraction of sp³-hybridized carbons (Fsp3) is 0.421. The Hall–Kier alpha value is -3.03. The van der Waals surface area contributed by atoms with Crippen LogP contribution >= 0.6 is 0 Å². The number of aromatic nitrogens is 2. The number of nitrogens with zero attached hydrogens (tertiary/aromatic N) is 3. The number of carbonyl (C=O) groups is 1. The molecule has 1 atom stereocenters. The van der Waals surface area contributed by atoms with E-state index in [0.29, 0.717) is 23.7 Å². The van der Waals surface area contributed by atoms with Crippen molar-refractivity contribution in [2.45, 2.75) is 12.8 Å². The number of benzene rings is 1. The molecule has 1 amide bonds. The lowest BCUT2D eigenvalue weighted by Gasteiger charge is -2.33. The number of anilines is 2. The highest BCUT2D eigenvalue weighted by Crippen LogP contribution is 2.30. The molecular weight excluding hydrogens is 348 g/mol. The first-order chi connectivity index (χ1) is 13.0. The van der Waals surface area contributed by atoms with E-state index >= 15 is 0 Å². The summed E-state index contributed by atoms with van der Waals surface area (Å²) in [4.78, 5) is 26.6. The lowest BCUT2D eigenvalue weighted by molar-refractivity contribution is -0.120. The van der Waals surface area contributed by atoms with E-state index in [4.69, 9.17) is 9.47 Å². The van der Waals surface area contributed by atoms with Crippen LogP contribution in [0.3, 0.4) is 0 Å². The minimum absolute atomic E-state index is 0.0521. The van der Waals surface area contributed by atoms with E-state index in [1.54, 1.807) is 51.7 Å². The van der Waals surface area contributed by atoms with Crippen molar-refractivity contribution < 1.29 is 14.3 Å². The van der Waals surface area contributed by atoms with Crippen molar-refractivity contribution >= 4 is 17.3 Å². The molecule has 1 N–H and O–H groups in total. The molecule has 0 saturated carbocycles. The van der Waals surface area contributed by atoms with Gasteiger partial charge in [-0.25, -0.2) is 4.68 Å². The second-order valence-electron chi connectivity index (χ2n) is 6.52. The molecule has 1 saturated heterocycles. The molecule has 0 unspecified atom stereocenters. The number of methoxy groups -OCH3 is 2. The molecule has 8 nitrogen and oxygen atoms in total. The summed E-state index contributed by atoms with van der Waals surface area (Å²) in [6.07, 6.45) is 3.34. The van der Waals surface area contributed by atoms with E-state index < -0.39 is 0 Å². The number of hydrogen-bond donors (Lipinski definition) is 1. The zero-order valence-corrected chi connectivity index (χ0v) is 15.8. The van der Waals surface area contributed by atoms with Crippen LogP contribution in [0.15, 0.2) is 35.3 Å². The smallest absolute Gasteiger partial charge is 0.268 e. The van der Waals surface area contributed by atoms with E-state index in [0.717, 1.165) is 25.1 Å². The zero-order valence-electron chi connectivity index (χ0n) is 15.8. The van der Waals surface area contributed by atoms with Crippen molar-refractivity contribution in [3.05, 3.63) is 40.8 Å². The molecule has 8 heteroatoms. The Bertz CT molecular complexity index is 880. The molecule has 0 radical (unpaired) electrons. The molecule has 2 heterocycles. The number of amides is 1. The van der Waals surface area contributed by atoms with Gasteiger partial charge in [-0.2, -0.15) is 5.10 Å². The molecule has 0 aliphatic carbocycles. The summed E-state index contributed by atoms with van der Waals surface area (Å²) in [7, 11) is 4.74. The molecular formula is C19H24N4O4. The van der Waals surface area contributed by atoms with E-state index in [2.05, 4.69) is 10.4 Å². The van der Waals surface area contributed by atoms with E-state index in [-0.39, 0.29) is 17.4 Å². The van der Waals surface area contributed by atoms with Crippen molar-refractivity contribution in [3.8, 4) is 11.5 Å². The van der Waals surface area contributed by atoms with Gasteiger partial charge in [0, 0.05) is 38.0 Å². The average Bonchev–Trinajstić information content (AvgIpc) is 2.70. The largest absolute Gasteiger partial charge is 0.493 e. The maximum Gasteiger partial charge on any atom is 0.268 e. The predicted octanol–water partition coefficient (Wildman–Crippen LogP) is 1.65. The van der Waals surface area contributed by atoms with Crippen LogP contribution in [0.2, 0.25) is 0 Å². The molecule has 1 aromatic carbocycles. The Morgan fingerprint density at radius 3 is 2.70 bits per heavy atom. The van der Waals surface area contributed by atoms with Gasteiger partial charge in [0.25, 0.3) is 5.56 Å². The highest BCUT2D eigenvalue weighted by molar-refractivity contribution is 5.93. The maximum atomic E-state index is 12.7. The van der Waals surface area contributed by atoms with Crippen LogP contribution in [0.25, 0.3) is 0 Å². The minimum Gasteiger partial charge on any atom is -0.493 e. The highest BCUT2D eigenvalue weighted by Gasteiger charge is 2.26. The normalized spacial score (nSPS) is 16.7. The van der Waals surface area contributed by atoms with Crippen molar-refractivity contribution in [3.63, 3.8) is 0 Å². The van der Waals surface area contributed by atoms with Crippen LogP contribution in [0.1, 0.15) is 12.8 Å². The molecule has 1 aliphatic heterocycles. The molecule has 1 aliphatic rings. The van der Waals surface area contributed by atoms with Gasteiger partial charge in [-0.15, -0.1) is 0 Å². The quantitative estimate of drug-likeness (QED) is 0.859. The molecule has 27 heavy (non-hydrogen) atoms. The molecule has 1 aromatic heterocycles. The van der Waals surface area contributed by atoms with Gasteiger partial charge in [-0.3, -0.25) is 9.59 Å². The van der Waals surface area contributed by atoms with Crippen molar-refractivity contribution in [1.82, 2.24) is 9.78 Å². The third-order valence-corrected chi connectivity index (χ3v) is 4.76. The van der Waals surface area contributed by atoms with Gasteiger partial charge in [0.05, 0.1) is 32.0 Å².